The van der Waals surface area contributed by atoms with Crippen molar-refractivity contribution >= 4 is 5.82 Å². The van der Waals surface area contributed by atoms with Gasteiger partial charge in [-0.25, -0.2) is 4.68 Å². The first kappa shape index (κ1) is 11.3. The zero-order valence-electron chi connectivity index (χ0n) is 10.8. The van der Waals surface area contributed by atoms with Crippen molar-refractivity contribution < 1.29 is 0 Å². The van der Waals surface area contributed by atoms with Crippen molar-refractivity contribution in [1.29, 1.82) is 0 Å². The highest BCUT2D eigenvalue weighted by atomic mass is 15.3. The largest absolute Gasteiger partial charge is 0.382 e. The highest BCUT2D eigenvalue weighted by molar-refractivity contribution is 5.50. The van der Waals surface area contributed by atoms with Gasteiger partial charge in [0.05, 0.1) is 5.69 Å². The summed E-state index contributed by atoms with van der Waals surface area (Å²) in [6, 6.07) is 8.46. The Morgan fingerprint density at radius 3 is 2.83 bits per heavy atom. The predicted octanol–water partition coefficient (Wildman–Crippen LogP) is 2.90. The molecule has 0 fully saturated rings. The van der Waals surface area contributed by atoms with Crippen LogP contribution in [0.15, 0.2) is 24.3 Å². The molecule has 0 bridgehead atoms. The Hall–Kier alpha value is -1.77. The van der Waals surface area contributed by atoms with Crippen LogP contribution in [0.5, 0.6) is 0 Å². The van der Waals surface area contributed by atoms with E-state index in [2.05, 4.69) is 41.0 Å². The number of anilines is 1. The summed E-state index contributed by atoms with van der Waals surface area (Å²) in [4.78, 5) is 0. The van der Waals surface area contributed by atoms with E-state index in [0.717, 1.165) is 25.1 Å². The summed E-state index contributed by atoms with van der Waals surface area (Å²) in [6.45, 7) is 2.18. The van der Waals surface area contributed by atoms with Gasteiger partial charge < -0.3 is 5.73 Å². The normalized spacial score (nSPS) is 14.5. The first-order chi connectivity index (χ1) is 8.81. The Balaban J connectivity index is 2.17. The molecule has 0 radical (unpaired) electrons. The Bertz CT molecular complexity index is 569. The number of hydrogen-bond acceptors (Lipinski definition) is 2. The summed E-state index contributed by atoms with van der Waals surface area (Å²) < 4.78 is 2.07. The number of aryl methyl sites for hydroxylation is 1. The molecule has 0 saturated carbocycles. The van der Waals surface area contributed by atoms with E-state index in [1.807, 2.05) is 0 Å². The van der Waals surface area contributed by atoms with Gasteiger partial charge in [-0.1, -0.05) is 25.1 Å². The van der Waals surface area contributed by atoms with Gasteiger partial charge in [0, 0.05) is 11.3 Å². The van der Waals surface area contributed by atoms with Crippen molar-refractivity contribution in [1.82, 2.24) is 9.78 Å². The molecular formula is C15H19N3. The van der Waals surface area contributed by atoms with E-state index in [0.29, 0.717) is 0 Å². The number of nitrogens with zero attached hydrogens (tertiary/aromatic N) is 2. The van der Waals surface area contributed by atoms with Crippen LogP contribution in [0.3, 0.4) is 0 Å². The van der Waals surface area contributed by atoms with Gasteiger partial charge in [-0.15, -0.1) is 0 Å². The van der Waals surface area contributed by atoms with Crippen LogP contribution in [-0.4, -0.2) is 9.78 Å². The minimum Gasteiger partial charge on any atom is -0.382 e. The second-order valence-electron chi connectivity index (χ2n) is 4.91. The molecule has 1 aliphatic rings. The number of benzene rings is 1. The molecule has 2 N–H and O–H groups in total. The van der Waals surface area contributed by atoms with E-state index >= 15 is 0 Å². The smallest absolute Gasteiger partial charge is 0.149 e. The number of nitrogens with two attached hydrogens (primary N) is 1. The first-order valence-corrected chi connectivity index (χ1v) is 6.75. The van der Waals surface area contributed by atoms with Gasteiger partial charge in [-0.2, -0.15) is 5.10 Å². The molecule has 0 atom stereocenters. The van der Waals surface area contributed by atoms with E-state index < -0.39 is 0 Å². The lowest BCUT2D eigenvalue weighted by Gasteiger charge is -2.15. The lowest BCUT2D eigenvalue weighted by Crippen LogP contribution is -2.09. The average molecular weight is 241 g/mol. The molecule has 0 amide bonds. The number of aromatic nitrogens is 2. The molecule has 3 rings (SSSR count). The zero-order chi connectivity index (χ0) is 12.5. The molecule has 1 heterocycles. The van der Waals surface area contributed by atoms with Crippen LogP contribution in [0.1, 0.15) is 36.6 Å². The van der Waals surface area contributed by atoms with Crippen molar-refractivity contribution in [3.63, 3.8) is 0 Å². The summed E-state index contributed by atoms with van der Waals surface area (Å²) in [6.07, 6.45) is 5.67. The average Bonchev–Trinajstić information content (AvgIpc) is 2.77. The van der Waals surface area contributed by atoms with Crippen molar-refractivity contribution in [2.75, 3.05) is 5.73 Å². The molecule has 1 aromatic carbocycles. The van der Waals surface area contributed by atoms with Crippen LogP contribution in [0.4, 0.5) is 5.82 Å². The number of rotatable bonds is 2. The second-order valence-corrected chi connectivity index (χ2v) is 4.91. The topological polar surface area (TPSA) is 43.8 Å². The zero-order valence-corrected chi connectivity index (χ0v) is 10.8. The van der Waals surface area contributed by atoms with Gasteiger partial charge in [-0.05, 0) is 43.7 Å². The van der Waals surface area contributed by atoms with Crippen LogP contribution in [0, 0.1) is 0 Å². The molecule has 3 nitrogen and oxygen atoms in total. The summed E-state index contributed by atoms with van der Waals surface area (Å²) >= 11 is 0. The number of hydrogen-bond donors (Lipinski definition) is 1. The molecule has 1 aromatic heterocycles. The first-order valence-electron chi connectivity index (χ1n) is 6.75. The maximum absolute atomic E-state index is 6.06. The van der Waals surface area contributed by atoms with E-state index in [9.17, 15) is 0 Å². The lowest BCUT2D eigenvalue weighted by molar-refractivity contribution is 0.652. The SMILES string of the molecule is CCc1ccccc1-n1nc(N)c2c1CCCC2. The molecule has 1 aliphatic carbocycles. The van der Waals surface area contributed by atoms with Crippen LogP contribution in [-0.2, 0) is 19.3 Å². The van der Waals surface area contributed by atoms with Crippen LogP contribution in [0.2, 0.25) is 0 Å². The van der Waals surface area contributed by atoms with Crippen LogP contribution < -0.4 is 5.73 Å². The Kier molecular flexibility index (Phi) is 2.82. The lowest BCUT2D eigenvalue weighted by atomic mass is 9.97. The van der Waals surface area contributed by atoms with E-state index in [1.54, 1.807) is 0 Å². The molecule has 0 aliphatic heterocycles. The molecule has 94 valence electrons. The second kappa shape index (κ2) is 4.48. The summed E-state index contributed by atoms with van der Waals surface area (Å²) in [5, 5.41) is 4.57. The Labute approximate surface area is 108 Å². The van der Waals surface area contributed by atoms with Crippen molar-refractivity contribution in [2.45, 2.75) is 39.0 Å². The maximum Gasteiger partial charge on any atom is 0.149 e. The quantitative estimate of drug-likeness (QED) is 0.878. The summed E-state index contributed by atoms with van der Waals surface area (Å²) in [5.74, 6) is 0.718. The fourth-order valence-corrected chi connectivity index (χ4v) is 2.84. The van der Waals surface area contributed by atoms with E-state index in [-0.39, 0.29) is 0 Å². The minimum atomic E-state index is 0.718. The highest BCUT2D eigenvalue weighted by Gasteiger charge is 2.20. The standard InChI is InChI=1S/C15H19N3/c1-2-11-7-3-5-9-13(11)18-14-10-6-4-8-12(14)15(16)17-18/h3,5,7,9H,2,4,6,8,10H2,1H3,(H2,16,17). The molecule has 0 saturated heterocycles. The fraction of sp³-hybridized carbons (Fsp3) is 0.400. The van der Waals surface area contributed by atoms with Gasteiger partial charge in [0.1, 0.15) is 5.82 Å². The number of para-hydroxylation sites is 1. The number of fused-ring (bicyclic) bond motifs is 1. The third-order valence-electron chi connectivity index (χ3n) is 3.81. The summed E-state index contributed by atoms with van der Waals surface area (Å²) in [5.41, 5.74) is 11.2. The molecule has 18 heavy (non-hydrogen) atoms. The molecule has 0 unspecified atom stereocenters. The third kappa shape index (κ3) is 1.70. The van der Waals surface area contributed by atoms with Gasteiger partial charge in [0.25, 0.3) is 0 Å². The van der Waals surface area contributed by atoms with E-state index in [4.69, 9.17) is 5.73 Å². The van der Waals surface area contributed by atoms with Gasteiger partial charge in [-0.3, -0.25) is 0 Å². The molecule has 2 aromatic rings. The fourth-order valence-electron chi connectivity index (χ4n) is 2.84. The minimum absolute atomic E-state index is 0.718. The van der Waals surface area contributed by atoms with Gasteiger partial charge in [0.15, 0.2) is 0 Å². The monoisotopic (exact) mass is 241 g/mol. The third-order valence-corrected chi connectivity index (χ3v) is 3.81. The van der Waals surface area contributed by atoms with Crippen molar-refractivity contribution in [2.24, 2.45) is 0 Å². The Morgan fingerprint density at radius 2 is 2.00 bits per heavy atom. The highest BCUT2D eigenvalue weighted by Crippen LogP contribution is 2.29. The summed E-state index contributed by atoms with van der Waals surface area (Å²) in [7, 11) is 0. The molecule has 0 spiro atoms. The van der Waals surface area contributed by atoms with Crippen LogP contribution >= 0.6 is 0 Å². The maximum atomic E-state index is 6.06. The number of nitrogen functional groups attached to an aromatic ring is 1. The van der Waals surface area contributed by atoms with Crippen LogP contribution in [0.25, 0.3) is 5.69 Å². The van der Waals surface area contributed by atoms with E-state index in [1.165, 1.54) is 35.3 Å². The van der Waals surface area contributed by atoms with Gasteiger partial charge >= 0.3 is 0 Å². The molecular weight excluding hydrogens is 222 g/mol. The van der Waals surface area contributed by atoms with Gasteiger partial charge in [0.2, 0.25) is 0 Å². The van der Waals surface area contributed by atoms with Crippen molar-refractivity contribution in [3.8, 4) is 5.69 Å². The Morgan fingerprint density at radius 1 is 1.22 bits per heavy atom. The molecule has 3 heteroatoms. The predicted molar refractivity (Wildman–Crippen MR) is 74.0 cm³/mol. The van der Waals surface area contributed by atoms with Crippen molar-refractivity contribution in [3.05, 3.63) is 41.1 Å².